The van der Waals surface area contributed by atoms with E-state index >= 15 is 0 Å². The molecule has 0 spiro atoms. The van der Waals surface area contributed by atoms with E-state index in [0.717, 1.165) is 22.2 Å². The molecule has 2 aliphatic rings. The second-order valence-corrected chi connectivity index (χ2v) is 14.7. The number of anilines is 1. The molecule has 3 aromatic heterocycles. The molecule has 2 unspecified atom stereocenters. The maximum Gasteiger partial charge on any atom is 0.340 e. The first-order chi connectivity index (χ1) is 20.2. The molecule has 19 nitrogen and oxygen atoms in total. The number of rotatable bonds is 11. The lowest BCUT2D eigenvalue weighted by Crippen LogP contribution is -2.33. The number of nitrogens with zero attached hydrogens (tertiary/aromatic N) is 5. The summed E-state index contributed by atoms with van der Waals surface area (Å²) in [4.78, 5) is 47.3. The van der Waals surface area contributed by atoms with Crippen LogP contribution < -0.4 is 11.5 Å². The Bertz CT molecular complexity index is 1600. The number of nitrogen functional groups attached to an aromatic ring is 1. The van der Waals surface area contributed by atoms with Crippen molar-refractivity contribution in [2.75, 3.05) is 24.9 Å². The molecular weight excluding hydrogens is 643 g/mol. The average molecular weight is 669 g/mol. The standard InChI is InChI=1S/C20H26FN7O12P2S/c21-10-12(29)8(40-20(10)28-5-26-11-16(22)24-4-25-18(11)28)1-37-41(33,34)6-42(35,36)38-2-9-13(30)14(31)15(39-9)19-27-7(3-43-19)17(23)32/h3-5,8-10,12-15,20,29-31H,1-2,6H2,(H2,23,32)(H,33,34)(H,35,36)(H2,22,24,25)/t8-,9+,10+,12-,13+,14+,15+,20-/m0/s1. The van der Waals surface area contributed by atoms with Crippen molar-refractivity contribution in [1.29, 1.82) is 0 Å². The molecule has 3 aromatic rings. The van der Waals surface area contributed by atoms with E-state index in [-0.39, 0.29) is 27.7 Å². The van der Waals surface area contributed by atoms with Gasteiger partial charge in [-0.15, -0.1) is 11.3 Å². The smallest absolute Gasteiger partial charge is 0.340 e. The van der Waals surface area contributed by atoms with Gasteiger partial charge in [0.2, 0.25) is 0 Å². The number of aliphatic hydroxyl groups is 3. The Hall–Kier alpha value is -2.52. The van der Waals surface area contributed by atoms with Gasteiger partial charge in [-0.1, -0.05) is 0 Å². The summed E-state index contributed by atoms with van der Waals surface area (Å²) >= 11 is 0.925. The number of fused-ring (bicyclic) bond motifs is 1. The zero-order valence-corrected chi connectivity index (χ0v) is 24.2. The quantitative estimate of drug-likeness (QED) is 0.118. The van der Waals surface area contributed by atoms with Crippen molar-refractivity contribution in [1.82, 2.24) is 24.5 Å². The Kier molecular flexibility index (Phi) is 8.98. The zero-order valence-electron chi connectivity index (χ0n) is 21.6. The number of thiazole rings is 1. The van der Waals surface area contributed by atoms with Crippen LogP contribution in [0, 0.1) is 0 Å². The largest absolute Gasteiger partial charge is 0.387 e. The highest BCUT2D eigenvalue weighted by Gasteiger charge is 2.48. The Morgan fingerprint density at radius 3 is 2.33 bits per heavy atom. The van der Waals surface area contributed by atoms with Gasteiger partial charge in [0.05, 0.1) is 19.5 Å². The van der Waals surface area contributed by atoms with Crippen LogP contribution in [0.25, 0.3) is 11.2 Å². The number of aromatic nitrogens is 5. The molecule has 0 saturated carbocycles. The van der Waals surface area contributed by atoms with Crippen LogP contribution in [0.4, 0.5) is 10.2 Å². The lowest BCUT2D eigenvalue weighted by molar-refractivity contribution is -0.0425. The summed E-state index contributed by atoms with van der Waals surface area (Å²) in [6.45, 7) is -1.64. The van der Waals surface area contributed by atoms with Gasteiger partial charge in [0.1, 0.15) is 59.2 Å². The Balaban J connectivity index is 1.15. The van der Waals surface area contributed by atoms with E-state index in [1.165, 1.54) is 11.7 Å². The van der Waals surface area contributed by atoms with Gasteiger partial charge in [0.15, 0.2) is 29.8 Å². The topological polar surface area (TPSA) is 298 Å². The van der Waals surface area contributed by atoms with Crippen LogP contribution >= 0.6 is 26.5 Å². The number of aliphatic hydroxyl groups excluding tert-OH is 3. The number of amides is 1. The van der Waals surface area contributed by atoms with Crippen LogP contribution in [0.2, 0.25) is 0 Å². The Morgan fingerprint density at radius 2 is 1.70 bits per heavy atom. The molecule has 0 bridgehead atoms. The number of primary amides is 1. The lowest BCUT2D eigenvalue weighted by atomic mass is 10.1. The third-order valence-corrected chi connectivity index (χ3v) is 11.4. The molecule has 5 rings (SSSR count). The number of imidazole rings is 1. The molecule has 2 aliphatic heterocycles. The second-order valence-electron chi connectivity index (χ2n) is 9.60. The third kappa shape index (κ3) is 6.63. The molecule has 1 amide bonds. The summed E-state index contributed by atoms with van der Waals surface area (Å²) in [6, 6.07) is 0. The predicted molar refractivity (Wildman–Crippen MR) is 141 cm³/mol. The van der Waals surface area contributed by atoms with Crippen LogP contribution in [0.5, 0.6) is 0 Å². The van der Waals surface area contributed by atoms with Crippen molar-refractivity contribution >= 4 is 49.4 Å². The number of carbonyl (C=O) groups excluding carboxylic acids is 1. The van der Waals surface area contributed by atoms with Gasteiger partial charge in [-0.05, 0) is 0 Å². The number of ether oxygens (including phenoxy) is 2. The van der Waals surface area contributed by atoms with Crippen molar-refractivity contribution in [3.63, 3.8) is 0 Å². The van der Waals surface area contributed by atoms with Crippen molar-refractivity contribution in [2.45, 2.75) is 49.0 Å². The SMILES string of the molecule is NC(=O)c1csc([C@@H]2O[C@H](COP(=O)(O)CP(=O)(O)OC[C@@H]3O[C@H](n4cnc5c(N)ncnc54)[C@H](F)[C@H]3O)[C@@H](O)[C@H]2O)n1. The first-order valence-corrected chi connectivity index (χ1v) is 16.7. The molecule has 2 saturated heterocycles. The van der Waals surface area contributed by atoms with Crippen LogP contribution in [0.1, 0.15) is 27.8 Å². The fourth-order valence-corrected chi connectivity index (χ4v) is 8.53. The molecule has 43 heavy (non-hydrogen) atoms. The fourth-order valence-electron chi connectivity index (χ4n) is 4.43. The van der Waals surface area contributed by atoms with Crippen molar-refractivity contribution in [3.8, 4) is 0 Å². The average Bonchev–Trinajstić information content (AvgIpc) is 3.70. The number of alkyl halides is 1. The van der Waals surface area contributed by atoms with Crippen LogP contribution in [-0.4, -0.2) is 111 Å². The zero-order chi connectivity index (χ0) is 31.3. The molecular formula is C20H26FN7O12P2S. The van der Waals surface area contributed by atoms with Crippen LogP contribution in [0.15, 0.2) is 18.0 Å². The highest BCUT2D eigenvalue weighted by atomic mass is 32.1. The van der Waals surface area contributed by atoms with E-state index in [1.54, 1.807) is 0 Å². The lowest BCUT2D eigenvalue weighted by Gasteiger charge is -2.21. The highest BCUT2D eigenvalue weighted by molar-refractivity contribution is 7.70. The molecule has 0 aromatic carbocycles. The van der Waals surface area contributed by atoms with Gasteiger partial charge in [-0.25, -0.2) is 24.3 Å². The Labute approximate surface area is 244 Å². The monoisotopic (exact) mass is 669 g/mol. The predicted octanol–water partition coefficient (Wildman–Crippen LogP) is -1.22. The van der Waals surface area contributed by atoms with Gasteiger partial charge in [0, 0.05) is 5.38 Å². The molecule has 5 heterocycles. The van der Waals surface area contributed by atoms with Gasteiger partial charge < -0.3 is 55.1 Å². The van der Waals surface area contributed by atoms with Gasteiger partial charge in [-0.3, -0.25) is 18.5 Å². The van der Waals surface area contributed by atoms with E-state index < -0.39 is 89.2 Å². The molecule has 0 radical (unpaired) electrons. The first kappa shape index (κ1) is 31.9. The van der Waals surface area contributed by atoms with Crippen LogP contribution in [0.3, 0.4) is 0 Å². The summed E-state index contributed by atoms with van der Waals surface area (Å²) in [6.07, 6.45) is -10.2. The van der Waals surface area contributed by atoms with E-state index in [9.17, 15) is 43.4 Å². The summed E-state index contributed by atoms with van der Waals surface area (Å²) < 4.78 is 61.9. The van der Waals surface area contributed by atoms with Crippen LogP contribution in [-0.2, 0) is 27.7 Å². The first-order valence-electron chi connectivity index (χ1n) is 12.3. The van der Waals surface area contributed by atoms with E-state index in [4.69, 9.17) is 30.0 Å². The molecule has 0 aliphatic carbocycles. The van der Waals surface area contributed by atoms with Crippen molar-refractivity contribution in [3.05, 3.63) is 28.7 Å². The van der Waals surface area contributed by atoms with E-state index in [1.807, 2.05) is 0 Å². The summed E-state index contributed by atoms with van der Waals surface area (Å²) in [5, 5.41) is 32.3. The number of carbonyl (C=O) groups is 1. The number of hydrogen-bond donors (Lipinski definition) is 7. The summed E-state index contributed by atoms with van der Waals surface area (Å²) in [5.41, 5.74) is 11.1. The van der Waals surface area contributed by atoms with Crippen molar-refractivity contribution < 1.29 is 61.9 Å². The second kappa shape index (κ2) is 12.1. The van der Waals surface area contributed by atoms with Gasteiger partial charge >= 0.3 is 15.2 Å². The van der Waals surface area contributed by atoms with Crippen molar-refractivity contribution in [2.24, 2.45) is 5.73 Å². The minimum Gasteiger partial charge on any atom is -0.387 e. The number of hydrogen-bond acceptors (Lipinski definition) is 16. The fraction of sp³-hybridized carbons (Fsp3) is 0.550. The molecule has 23 heteroatoms. The number of halogens is 1. The van der Waals surface area contributed by atoms with E-state index in [0.29, 0.717) is 0 Å². The normalized spacial score (nSPS) is 32.1. The summed E-state index contributed by atoms with van der Waals surface area (Å²) in [5.74, 6) is -2.22. The summed E-state index contributed by atoms with van der Waals surface area (Å²) in [7, 11) is -9.79. The third-order valence-electron chi connectivity index (χ3n) is 6.57. The molecule has 9 N–H and O–H groups in total. The highest BCUT2D eigenvalue weighted by Crippen LogP contribution is 2.59. The minimum absolute atomic E-state index is 0.0257. The maximum atomic E-state index is 14.9. The van der Waals surface area contributed by atoms with E-state index in [2.05, 4.69) is 19.9 Å². The van der Waals surface area contributed by atoms with Gasteiger partial charge in [0.25, 0.3) is 5.91 Å². The number of nitrogens with two attached hydrogens (primary N) is 2. The molecule has 10 atom stereocenters. The molecule has 2 fully saturated rings. The van der Waals surface area contributed by atoms with Gasteiger partial charge in [-0.2, -0.15) is 0 Å². The molecule has 236 valence electrons. The minimum atomic E-state index is -4.91. The maximum absolute atomic E-state index is 14.9. The Morgan fingerprint density at radius 1 is 1.05 bits per heavy atom.